The Morgan fingerprint density at radius 1 is 1.29 bits per heavy atom. The van der Waals surface area contributed by atoms with Gasteiger partial charge in [-0.3, -0.25) is 0 Å². The van der Waals surface area contributed by atoms with Crippen LogP contribution in [-0.4, -0.2) is 11.4 Å². The van der Waals surface area contributed by atoms with Gasteiger partial charge in [0.25, 0.3) is 0 Å². The van der Waals surface area contributed by atoms with Crippen molar-refractivity contribution in [3.05, 3.63) is 28.7 Å². The third-order valence-electron chi connectivity index (χ3n) is 1.78. The lowest BCUT2D eigenvalue weighted by molar-refractivity contribution is 0.212. The van der Waals surface area contributed by atoms with Gasteiger partial charge < -0.3 is 0 Å². The Kier molecular flexibility index (Phi) is 4.45. The largest absolute Gasteiger partial charge is 0.244 e. The topological polar surface area (TPSA) is 0 Å². The highest BCUT2D eigenvalue weighted by Crippen LogP contribution is 2.24. The second-order valence-electron chi connectivity index (χ2n) is 3.77. The molecule has 0 aliphatic rings. The van der Waals surface area contributed by atoms with Gasteiger partial charge in [0.2, 0.25) is 0 Å². The van der Waals surface area contributed by atoms with Crippen molar-refractivity contribution in [3.63, 3.8) is 0 Å². The highest BCUT2D eigenvalue weighted by Gasteiger charge is 2.14. The summed E-state index contributed by atoms with van der Waals surface area (Å²) in [4.78, 5) is 1.19. The maximum absolute atomic E-state index is 13.1. The Bertz CT molecular complexity index is 276. The molecule has 0 aromatic heterocycles. The van der Waals surface area contributed by atoms with E-state index in [0.717, 1.165) is 10.2 Å². The molecule has 0 saturated heterocycles. The average molecular weight is 277 g/mol. The molecule has 0 aliphatic carbocycles. The van der Waals surface area contributed by atoms with Crippen LogP contribution in [-0.2, 0) is 0 Å². The smallest absolute Gasteiger partial charge is 0.106 e. The van der Waals surface area contributed by atoms with Crippen LogP contribution in [0.4, 0.5) is 4.39 Å². The predicted molar refractivity (Wildman–Crippen MR) is 64.7 cm³/mol. The molecule has 0 N–H and O–H groups in total. The summed E-state index contributed by atoms with van der Waals surface area (Å²) in [7, 11) is 0. The van der Waals surface area contributed by atoms with E-state index in [2.05, 4.69) is 15.9 Å². The van der Waals surface area contributed by atoms with Crippen molar-refractivity contribution in [2.24, 2.45) is 0 Å². The molecule has 0 spiro atoms. The zero-order valence-electron chi connectivity index (χ0n) is 8.39. The molecular formula is C11H14BrFS. The predicted octanol–water partition coefficient (Wildman–Crippen LogP) is 4.68. The van der Waals surface area contributed by atoms with Crippen LogP contribution in [0.25, 0.3) is 0 Å². The van der Waals surface area contributed by atoms with E-state index >= 15 is 0 Å². The molecule has 0 fully saturated rings. The molecule has 0 atom stereocenters. The number of hydrogen-bond acceptors (Lipinski definition) is 1. The van der Waals surface area contributed by atoms with Gasteiger partial charge in [0, 0.05) is 15.1 Å². The second kappa shape index (κ2) is 5.17. The van der Waals surface area contributed by atoms with Gasteiger partial charge in [-0.1, -0.05) is 15.9 Å². The van der Waals surface area contributed by atoms with E-state index in [9.17, 15) is 4.39 Å². The molecule has 78 valence electrons. The van der Waals surface area contributed by atoms with Crippen LogP contribution in [0.3, 0.4) is 0 Å². The van der Waals surface area contributed by atoms with Crippen LogP contribution < -0.4 is 0 Å². The third-order valence-corrected chi connectivity index (χ3v) is 3.32. The van der Waals surface area contributed by atoms with Crippen molar-refractivity contribution < 1.29 is 4.39 Å². The quantitative estimate of drug-likeness (QED) is 0.720. The molecule has 0 radical (unpaired) electrons. The number of rotatable bonds is 4. The Morgan fingerprint density at radius 2 is 1.86 bits per heavy atom. The number of thioether (sulfide) groups is 1. The molecule has 0 heterocycles. The fourth-order valence-electron chi connectivity index (χ4n) is 0.942. The number of hydrogen-bond donors (Lipinski definition) is 0. The lowest BCUT2D eigenvalue weighted by Crippen LogP contribution is -2.12. The molecule has 0 saturated carbocycles. The van der Waals surface area contributed by atoms with Crippen molar-refractivity contribution in [2.45, 2.75) is 30.8 Å². The minimum absolute atomic E-state index is 0.591. The Morgan fingerprint density at radius 3 is 2.36 bits per heavy atom. The van der Waals surface area contributed by atoms with Gasteiger partial charge in [-0.05, 0) is 44.5 Å². The first-order chi connectivity index (χ1) is 6.47. The fraction of sp³-hybridized carbons (Fsp3) is 0.455. The first-order valence-corrected chi connectivity index (χ1v) is 6.32. The summed E-state index contributed by atoms with van der Waals surface area (Å²) in [6.45, 7) is 3.24. The van der Waals surface area contributed by atoms with E-state index in [0.29, 0.717) is 6.42 Å². The Balaban J connectivity index is 2.35. The molecular weight excluding hydrogens is 263 g/mol. The van der Waals surface area contributed by atoms with E-state index in [4.69, 9.17) is 0 Å². The summed E-state index contributed by atoms with van der Waals surface area (Å²) in [5, 5.41) is 0. The highest BCUT2D eigenvalue weighted by molar-refractivity contribution is 9.10. The molecule has 0 unspecified atom stereocenters. The summed E-state index contributed by atoms with van der Waals surface area (Å²) < 4.78 is 14.2. The van der Waals surface area contributed by atoms with Gasteiger partial charge >= 0.3 is 0 Å². The lowest BCUT2D eigenvalue weighted by Gasteiger charge is -2.12. The van der Waals surface area contributed by atoms with Crippen molar-refractivity contribution in [3.8, 4) is 0 Å². The minimum Gasteiger partial charge on any atom is -0.244 e. The molecule has 0 bridgehead atoms. The first-order valence-electron chi connectivity index (χ1n) is 4.55. The van der Waals surface area contributed by atoms with Crippen LogP contribution in [0.5, 0.6) is 0 Å². The molecule has 1 aromatic carbocycles. The average Bonchev–Trinajstić information content (AvgIpc) is 2.06. The van der Waals surface area contributed by atoms with Crippen molar-refractivity contribution in [1.82, 2.24) is 0 Å². The first kappa shape index (κ1) is 12.1. The van der Waals surface area contributed by atoms with Gasteiger partial charge in [0.15, 0.2) is 0 Å². The Hall–Kier alpha value is -0.0200. The van der Waals surface area contributed by atoms with E-state index in [1.54, 1.807) is 25.6 Å². The second-order valence-corrected chi connectivity index (χ2v) is 5.86. The normalized spacial score (nSPS) is 11.7. The molecule has 0 aliphatic heterocycles. The number of halogens is 2. The molecule has 0 amide bonds. The maximum Gasteiger partial charge on any atom is 0.106 e. The van der Waals surface area contributed by atoms with Crippen molar-refractivity contribution in [1.29, 1.82) is 0 Å². The van der Waals surface area contributed by atoms with Crippen LogP contribution in [0, 0.1) is 0 Å². The van der Waals surface area contributed by atoms with E-state index in [1.165, 1.54) is 4.90 Å². The lowest BCUT2D eigenvalue weighted by atomic mass is 10.1. The van der Waals surface area contributed by atoms with Crippen molar-refractivity contribution >= 4 is 27.7 Å². The zero-order chi connectivity index (χ0) is 10.6. The zero-order valence-corrected chi connectivity index (χ0v) is 10.8. The van der Waals surface area contributed by atoms with E-state index in [1.807, 2.05) is 24.3 Å². The van der Waals surface area contributed by atoms with Gasteiger partial charge in [-0.15, -0.1) is 11.8 Å². The summed E-state index contributed by atoms with van der Waals surface area (Å²) in [6, 6.07) is 8.09. The standard InChI is InChI=1S/C11H14BrFS/c1-11(2,13)7-8-14-10-5-3-9(12)4-6-10/h3-6H,7-8H2,1-2H3. The number of alkyl halides is 1. The van der Waals surface area contributed by atoms with Crippen molar-refractivity contribution in [2.75, 3.05) is 5.75 Å². The minimum atomic E-state index is -1.05. The summed E-state index contributed by atoms with van der Waals surface area (Å²) in [5.41, 5.74) is -1.05. The SMILES string of the molecule is CC(C)(F)CCSc1ccc(Br)cc1. The highest BCUT2D eigenvalue weighted by atomic mass is 79.9. The van der Waals surface area contributed by atoms with E-state index in [-0.39, 0.29) is 0 Å². The molecule has 0 nitrogen and oxygen atoms in total. The summed E-state index contributed by atoms with van der Waals surface area (Å²) in [5.74, 6) is 0.825. The molecule has 1 aromatic rings. The van der Waals surface area contributed by atoms with Gasteiger partial charge in [-0.25, -0.2) is 4.39 Å². The molecule has 1 rings (SSSR count). The number of benzene rings is 1. The van der Waals surface area contributed by atoms with Crippen LogP contribution in [0.15, 0.2) is 33.6 Å². The summed E-state index contributed by atoms with van der Waals surface area (Å²) in [6.07, 6.45) is 0.591. The van der Waals surface area contributed by atoms with Gasteiger partial charge in [-0.2, -0.15) is 0 Å². The summed E-state index contributed by atoms with van der Waals surface area (Å²) >= 11 is 5.07. The van der Waals surface area contributed by atoms with Crippen LogP contribution >= 0.6 is 27.7 Å². The third kappa shape index (κ3) is 5.01. The van der Waals surface area contributed by atoms with Crippen LogP contribution in [0.2, 0.25) is 0 Å². The Labute approximate surface area is 97.4 Å². The molecule has 3 heteroatoms. The van der Waals surface area contributed by atoms with Crippen LogP contribution in [0.1, 0.15) is 20.3 Å². The monoisotopic (exact) mass is 276 g/mol. The fourth-order valence-corrected chi connectivity index (χ4v) is 2.36. The van der Waals surface area contributed by atoms with E-state index < -0.39 is 5.67 Å². The van der Waals surface area contributed by atoms with Gasteiger partial charge in [0.1, 0.15) is 5.67 Å². The molecule has 14 heavy (non-hydrogen) atoms. The maximum atomic E-state index is 13.1. The van der Waals surface area contributed by atoms with Gasteiger partial charge in [0.05, 0.1) is 0 Å².